The Bertz CT molecular complexity index is 369. The summed E-state index contributed by atoms with van der Waals surface area (Å²) in [6.07, 6.45) is -2.11. The number of fused-ring (bicyclic) bond motifs is 1. The minimum absolute atomic E-state index is 0.323. The highest BCUT2D eigenvalue weighted by Gasteiger charge is 2.59. The van der Waals surface area contributed by atoms with Crippen molar-refractivity contribution >= 4 is 11.9 Å². The number of ether oxygens (including phenoxy) is 4. The van der Waals surface area contributed by atoms with Gasteiger partial charge in [-0.25, -0.2) is 4.79 Å². The van der Waals surface area contributed by atoms with Gasteiger partial charge in [0.15, 0.2) is 0 Å². The molecule has 1 aliphatic heterocycles. The average molecular weight is 274 g/mol. The van der Waals surface area contributed by atoms with E-state index in [-0.39, 0.29) is 6.10 Å². The van der Waals surface area contributed by atoms with Crippen LogP contribution in [0.5, 0.6) is 0 Å². The molecular formula is C12H18O7. The molecular weight excluding hydrogens is 256 g/mol. The average Bonchev–Trinajstić information content (AvgIpc) is 2.73. The molecule has 19 heavy (non-hydrogen) atoms. The van der Waals surface area contributed by atoms with Crippen LogP contribution in [-0.2, 0) is 28.5 Å². The van der Waals surface area contributed by atoms with Crippen LogP contribution in [-0.4, -0.2) is 62.8 Å². The zero-order valence-electron chi connectivity index (χ0n) is 11.1. The van der Waals surface area contributed by atoms with E-state index in [0.717, 1.165) is 0 Å². The van der Waals surface area contributed by atoms with Crippen molar-refractivity contribution < 1.29 is 33.6 Å². The van der Waals surface area contributed by atoms with Gasteiger partial charge in [0.2, 0.25) is 6.10 Å². The minimum atomic E-state index is -1.18. The molecule has 2 rings (SSSR count). The summed E-state index contributed by atoms with van der Waals surface area (Å²) in [6, 6.07) is 0. The SMILES string of the molecule is CO[C@@H]1[C@@H](OC)[C@H](OC)C[C@@H]2C(=O)O[C@H](C(=O)O)[C@H]12. The van der Waals surface area contributed by atoms with Crippen LogP contribution in [0.3, 0.4) is 0 Å². The third kappa shape index (κ3) is 2.22. The number of hydrogen-bond donors (Lipinski definition) is 1. The molecule has 1 N–H and O–H groups in total. The number of esters is 1. The topological polar surface area (TPSA) is 91.3 Å². The highest BCUT2D eigenvalue weighted by molar-refractivity contribution is 5.84. The molecule has 2 fully saturated rings. The van der Waals surface area contributed by atoms with Crippen LogP contribution >= 0.6 is 0 Å². The van der Waals surface area contributed by atoms with E-state index in [1.807, 2.05) is 0 Å². The zero-order valence-corrected chi connectivity index (χ0v) is 11.1. The van der Waals surface area contributed by atoms with E-state index >= 15 is 0 Å². The van der Waals surface area contributed by atoms with Crippen LogP contribution in [0.15, 0.2) is 0 Å². The fraction of sp³-hybridized carbons (Fsp3) is 0.833. The molecule has 7 nitrogen and oxygen atoms in total. The summed E-state index contributed by atoms with van der Waals surface area (Å²) in [5.74, 6) is -2.74. The van der Waals surface area contributed by atoms with Gasteiger partial charge in [-0.15, -0.1) is 0 Å². The second-order valence-corrected chi connectivity index (χ2v) is 4.79. The van der Waals surface area contributed by atoms with Crippen LogP contribution in [0.4, 0.5) is 0 Å². The maximum Gasteiger partial charge on any atom is 0.345 e. The molecule has 7 heteroatoms. The molecule has 0 bridgehead atoms. The standard InChI is InChI=1S/C12H18O7/c1-16-6-4-5-7(9(18-3)8(6)17-2)10(11(13)14)19-12(5)15/h5-10H,4H2,1-3H3,(H,13,14)/t5-,6+,7-,8-,9-,10-/m0/s1. The summed E-state index contributed by atoms with van der Waals surface area (Å²) in [6.45, 7) is 0. The normalized spacial score (nSPS) is 41.7. The number of methoxy groups -OCH3 is 3. The Morgan fingerprint density at radius 2 is 1.84 bits per heavy atom. The van der Waals surface area contributed by atoms with Gasteiger partial charge in [-0.3, -0.25) is 4.79 Å². The van der Waals surface area contributed by atoms with Crippen molar-refractivity contribution in [3.05, 3.63) is 0 Å². The molecule has 2 aliphatic rings. The smallest absolute Gasteiger partial charge is 0.345 e. The Labute approximate surface area is 110 Å². The molecule has 0 aromatic carbocycles. The molecule has 1 heterocycles. The molecule has 0 amide bonds. The molecule has 0 radical (unpaired) electrons. The van der Waals surface area contributed by atoms with Crippen LogP contribution < -0.4 is 0 Å². The minimum Gasteiger partial charge on any atom is -0.478 e. The Balaban J connectivity index is 2.33. The zero-order chi connectivity index (χ0) is 14.2. The number of carbonyl (C=O) groups excluding carboxylic acids is 1. The summed E-state index contributed by atoms with van der Waals surface area (Å²) < 4.78 is 21.0. The number of aliphatic carboxylic acids is 1. The lowest BCUT2D eigenvalue weighted by Crippen LogP contribution is -2.55. The fourth-order valence-corrected chi connectivity index (χ4v) is 3.15. The molecule has 0 unspecified atom stereocenters. The van der Waals surface area contributed by atoms with Crippen molar-refractivity contribution in [1.82, 2.24) is 0 Å². The number of hydrogen-bond acceptors (Lipinski definition) is 6. The Hall–Kier alpha value is -1.18. The number of carbonyl (C=O) groups is 2. The number of cyclic esters (lactones) is 1. The Kier molecular flexibility index (Phi) is 4.07. The second-order valence-electron chi connectivity index (χ2n) is 4.79. The summed E-state index contributed by atoms with van der Waals surface area (Å²) in [7, 11) is 4.50. The first kappa shape index (κ1) is 14.2. The summed E-state index contributed by atoms with van der Waals surface area (Å²) >= 11 is 0. The molecule has 6 atom stereocenters. The van der Waals surface area contributed by atoms with Crippen molar-refractivity contribution in [3.63, 3.8) is 0 Å². The molecule has 0 spiro atoms. The molecule has 108 valence electrons. The monoisotopic (exact) mass is 274 g/mol. The maximum absolute atomic E-state index is 11.8. The molecule has 1 saturated heterocycles. The van der Waals surface area contributed by atoms with Crippen LogP contribution in [0, 0.1) is 11.8 Å². The van der Waals surface area contributed by atoms with Gasteiger partial charge < -0.3 is 24.1 Å². The second kappa shape index (κ2) is 5.44. The van der Waals surface area contributed by atoms with Crippen molar-refractivity contribution in [2.45, 2.75) is 30.8 Å². The van der Waals surface area contributed by atoms with Crippen LogP contribution in [0.25, 0.3) is 0 Å². The van der Waals surface area contributed by atoms with E-state index in [0.29, 0.717) is 6.42 Å². The number of carboxylic acid groups (broad SMARTS) is 1. The van der Waals surface area contributed by atoms with Crippen molar-refractivity contribution in [1.29, 1.82) is 0 Å². The summed E-state index contributed by atoms with van der Waals surface area (Å²) in [5, 5.41) is 9.16. The number of rotatable bonds is 4. The molecule has 0 aromatic heterocycles. The van der Waals surface area contributed by atoms with E-state index < -0.39 is 42.1 Å². The van der Waals surface area contributed by atoms with Gasteiger partial charge in [0.05, 0.1) is 18.1 Å². The third-order valence-electron chi connectivity index (χ3n) is 4.01. The van der Waals surface area contributed by atoms with E-state index in [9.17, 15) is 9.59 Å². The van der Waals surface area contributed by atoms with Gasteiger partial charge in [-0.05, 0) is 6.42 Å². The quantitative estimate of drug-likeness (QED) is 0.702. The molecule has 1 saturated carbocycles. The lowest BCUT2D eigenvalue weighted by molar-refractivity contribution is -0.173. The lowest BCUT2D eigenvalue weighted by Gasteiger charge is -2.41. The van der Waals surface area contributed by atoms with Gasteiger partial charge in [0, 0.05) is 27.2 Å². The van der Waals surface area contributed by atoms with E-state index in [4.69, 9.17) is 24.1 Å². The Morgan fingerprint density at radius 3 is 2.32 bits per heavy atom. The van der Waals surface area contributed by atoms with Gasteiger partial charge in [-0.2, -0.15) is 0 Å². The third-order valence-corrected chi connectivity index (χ3v) is 4.01. The van der Waals surface area contributed by atoms with Crippen LogP contribution in [0.1, 0.15) is 6.42 Å². The maximum atomic E-state index is 11.8. The first-order valence-electron chi connectivity index (χ1n) is 6.06. The van der Waals surface area contributed by atoms with Gasteiger partial charge in [0.25, 0.3) is 0 Å². The fourth-order valence-electron chi connectivity index (χ4n) is 3.15. The summed E-state index contributed by atoms with van der Waals surface area (Å²) in [5.41, 5.74) is 0. The number of carboxylic acids is 1. The van der Waals surface area contributed by atoms with Gasteiger partial charge >= 0.3 is 11.9 Å². The highest BCUT2D eigenvalue weighted by atomic mass is 16.6. The van der Waals surface area contributed by atoms with Gasteiger partial charge in [0.1, 0.15) is 6.10 Å². The van der Waals surface area contributed by atoms with Crippen molar-refractivity contribution in [2.75, 3.05) is 21.3 Å². The lowest BCUT2D eigenvalue weighted by atomic mass is 9.73. The van der Waals surface area contributed by atoms with Crippen LogP contribution in [0.2, 0.25) is 0 Å². The first-order chi connectivity index (χ1) is 9.04. The highest BCUT2D eigenvalue weighted by Crippen LogP contribution is 2.43. The van der Waals surface area contributed by atoms with E-state index in [1.54, 1.807) is 0 Å². The largest absolute Gasteiger partial charge is 0.478 e. The van der Waals surface area contributed by atoms with E-state index in [1.165, 1.54) is 21.3 Å². The van der Waals surface area contributed by atoms with Gasteiger partial charge in [-0.1, -0.05) is 0 Å². The predicted molar refractivity (Wildman–Crippen MR) is 61.5 cm³/mol. The van der Waals surface area contributed by atoms with Crippen molar-refractivity contribution in [3.8, 4) is 0 Å². The predicted octanol–water partition coefficient (Wildman–Crippen LogP) is -0.322. The molecule has 1 aliphatic carbocycles. The van der Waals surface area contributed by atoms with E-state index in [2.05, 4.69) is 0 Å². The summed E-state index contributed by atoms with van der Waals surface area (Å²) in [4.78, 5) is 23.0. The molecule has 0 aromatic rings. The first-order valence-corrected chi connectivity index (χ1v) is 6.06. The Morgan fingerprint density at radius 1 is 1.21 bits per heavy atom. The van der Waals surface area contributed by atoms with Crippen molar-refractivity contribution in [2.24, 2.45) is 11.8 Å².